The maximum atomic E-state index is 14.1. The van der Waals surface area contributed by atoms with E-state index in [0.717, 1.165) is 37.4 Å². The number of carbonyl (C=O) groups is 1. The number of fused-ring (bicyclic) bond motifs is 2. The van der Waals surface area contributed by atoms with Crippen molar-refractivity contribution >= 4 is 33.0 Å². The highest BCUT2D eigenvalue weighted by molar-refractivity contribution is 7.90. The minimum Gasteiger partial charge on any atom is -0.475 e. The highest BCUT2D eigenvalue weighted by Crippen LogP contribution is 2.39. The van der Waals surface area contributed by atoms with Gasteiger partial charge in [-0.25, -0.2) is 12.8 Å². The minimum absolute atomic E-state index is 0.0144. The Hall–Kier alpha value is -2.32. The summed E-state index contributed by atoms with van der Waals surface area (Å²) in [7, 11) is -3.23. The summed E-state index contributed by atoms with van der Waals surface area (Å²) in [6.45, 7) is 3.23. The molecule has 2 saturated heterocycles. The number of anilines is 1. The molecule has 9 heteroatoms. The van der Waals surface area contributed by atoms with Gasteiger partial charge in [-0.3, -0.25) is 4.79 Å². The van der Waals surface area contributed by atoms with Gasteiger partial charge in [-0.05, 0) is 82.0 Å². The Kier molecular flexibility index (Phi) is 6.35. The van der Waals surface area contributed by atoms with E-state index in [1.54, 1.807) is 26.0 Å². The molecule has 0 aliphatic carbocycles. The van der Waals surface area contributed by atoms with Gasteiger partial charge in [-0.1, -0.05) is 11.6 Å². The average Bonchev–Trinajstić information content (AvgIpc) is 3.00. The van der Waals surface area contributed by atoms with E-state index >= 15 is 0 Å². The minimum atomic E-state index is -3.23. The number of hydrogen-bond donors (Lipinski definition) is 1. The van der Waals surface area contributed by atoms with Crippen molar-refractivity contribution in [2.24, 2.45) is 0 Å². The maximum absolute atomic E-state index is 14.1. The summed E-state index contributed by atoms with van der Waals surface area (Å²) in [5.41, 5.74) is -0.256. The molecule has 2 aromatic rings. The number of sulfone groups is 1. The zero-order chi connectivity index (χ0) is 24.0. The quantitative estimate of drug-likeness (QED) is 0.646. The Morgan fingerprint density at radius 1 is 1.12 bits per heavy atom. The molecule has 0 spiro atoms. The van der Waals surface area contributed by atoms with E-state index in [0.29, 0.717) is 4.90 Å². The first-order valence-corrected chi connectivity index (χ1v) is 13.2. The number of rotatable bonds is 6. The first kappa shape index (κ1) is 23.8. The Morgan fingerprint density at radius 2 is 1.73 bits per heavy atom. The van der Waals surface area contributed by atoms with Crippen LogP contribution in [0, 0.1) is 5.82 Å². The molecule has 2 fully saturated rings. The standard InChI is InChI=1S/C24H28ClFN2O4S/c1-24(2,32-22-11-4-15(25)12-21(22)26)23(29)27-16-13-18-5-6-19(14-16)28(18)17-7-9-20(10-8-17)33(3,30)31/h4,7-12,16,18-19H,5-6,13-14H2,1-3H3,(H,27,29)/t16-,18+,19-. The van der Waals surface area contributed by atoms with E-state index in [2.05, 4.69) is 10.2 Å². The second-order valence-corrected chi connectivity index (χ2v) is 11.8. The third-order valence-corrected chi connectivity index (χ3v) is 7.80. The molecular formula is C24H28ClFN2O4S. The Bertz CT molecular complexity index is 1140. The normalized spacial score (nSPS) is 22.8. The van der Waals surface area contributed by atoms with Gasteiger partial charge in [0.05, 0.1) is 4.90 Å². The molecule has 1 N–H and O–H groups in total. The first-order chi connectivity index (χ1) is 15.4. The second-order valence-electron chi connectivity index (χ2n) is 9.39. The molecule has 2 aliphatic heterocycles. The van der Waals surface area contributed by atoms with Crippen LogP contribution in [-0.4, -0.2) is 44.3 Å². The number of nitrogens with zero attached hydrogens (tertiary/aromatic N) is 1. The predicted molar refractivity (Wildman–Crippen MR) is 126 cm³/mol. The summed E-state index contributed by atoms with van der Waals surface area (Å²) < 4.78 is 43.3. The molecule has 178 valence electrons. The maximum Gasteiger partial charge on any atom is 0.263 e. The number of halogens is 2. The molecule has 0 saturated carbocycles. The van der Waals surface area contributed by atoms with Crippen LogP contribution in [0.1, 0.15) is 39.5 Å². The van der Waals surface area contributed by atoms with Crippen LogP contribution in [-0.2, 0) is 14.6 Å². The van der Waals surface area contributed by atoms with Crippen LogP contribution in [0.3, 0.4) is 0 Å². The molecule has 33 heavy (non-hydrogen) atoms. The Labute approximate surface area is 199 Å². The van der Waals surface area contributed by atoms with E-state index in [1.807, 2.05) is 12.1 Å². The monoisotopic (exact) mass is 494 g/mol. The molecule has 2 heterocycles. The van der Waals surface area contributed by atoms with Gasteiger partial charge in [0.2, 0.25) is 0 Å². The lowest BCUT2D eigenvalue weighted by molar-refractivity contribution is -0.135. The van der Waals surface area contributed by atoms with Crippen molar-refractivity contribution in [2.45, 2.75) is 68.2 Å². The van der Waals surface area contributed by atoms with Crippen LogP contribution < -0.4 is 15.0 Å². The lowest BCUT2D eigenvalue weighted by Gasteiger charge is -2.41. The predicted octanol–water partition coefficient (Wildman–Crippen LogP) is 4.36. The topological polar surface area (TPSA) is 75.7 Å². The van der Waals surface area contributed by atoms with Crippen molar-refractivity contribution in [1.29, 1.82) is 0 Å². The van der Waals surface area contributed by atoms with Crippen LogP contribution in [0.25, 0.3) is 0 Å². The molecule has 0 aromatic heterocycles. The fraction of sp³-hybridized carbons (Fsp3) is 0.458. The molecular weight excluding hydrogens is 467 g/mol. The van der Waals surface area contributed by atoms with Gasteiger partial charge < -0.3 is 15.0 Å². The summed E-state index contributed by atoms with van der Waals surface area (Å²) >= 11 is 5.79. The van der Waals surface area contributed by atoms with Gasteiger partial charge in [-0.15, -0.1) is 0 Å². The molecule has 4 rings (SSSR count). The Balaban J connectivity index is 1.41. The molecule has 0 radical (unpaired) electrons. The van der Waals surface area contributed by atoms with Crippen molar-refractivity contribution in [2.75, 3.05) is 11.2 Å². The summed E-state index contributed by atoms with van der Waals surface area (Å²) in [6.07, 6.45) is 4.79. The van der Waals surface area contributed by atoms with E-state index in [9.17, 15) is 17.6 Å². The van der Waals surface area contributed by atoms with Crippen molar-refractivity contribution in [1.82, 2.24) is 5.32 Å². The highest BCUT2D eigenvalue weighted by Gasteiger charge is 2.42. The number of ether oxygens (including phenoxy) is 1. The van der Waals surface area contributed by atoms with E-state index < -0.39 is 21.3 Å². The highest BCUT2D eigenvalue weighted by atomic mass is 35.5. The molecule has 2 aromatic carbocycles. The van der Waals surface area contributed by atoms with Gasteiger partial charge in [0.15, 0.2) is 27.0 Å². The molecule has 3 atom stereocenters. The third-order valence-electron chi connectivity index (χ3n) is 6.44. The fourth-order valence-corrected chi connectivity index (χ4v) is 5.61. The number of amides is 1. The van der Waals surface area contributed by atoms with Crippen LogP contribution in [0.4, 0.5) is 10.1 Å². The van der Waals surface area contributed by atoms with Crippen molar-refractivity contribution in [3.05, 3.63) is 53.3 Å². The van der Waals surface area contributed by atoms with Gasteiger partial charge in [0.1, 0.15) is 0 Å². The zero-order valence-corrected chi connectivity index (χ0v) is 20.4. The largest absolute Gasteiger partial charge is 0.475 e. The van der Waals surface area contributed by atoms with Crippen LogP contribution in [0.15, 0.2) is 47.4 Å². The molecule has 1 amide bonds. The average molecular weight is 495 g/mol. The lowest BCUT2D eigenvalue weighted by atomic mass is 9.95. The third kappa shape index (κ3) is 5.11. The number of piperidine rings is 1. The van der Waals surface area contributed by atoms with Crippen molar-refractivity contribution < 1.29 is 22.3 Å². The van der Waals surface area contributed by atoms with Crippen molar-refractivity contribution in [3.63, 3.8) is 0 Å². The van der Waals surface area contributed by atoms with E-state index in [4.69, 9.17) is 16.3 Å². The number of nitrogens with one attached hydrogen (secondary N) is 1. The lowest BCUT2D eigenvalue weighted by Crippen LogP contribution is -2.55. The SMILES string of the molecule is CC(C)(Oc1ccc(Cl)cc1F)C(=O)N[C@H]1C[C@H]2CC[C@@H](C1)N2c1ccc(S(C)(=O)=O)cc1. The molecule has 2 aliphatic rings. The van der Waals surface area contributed by atoms with E-state index in [1.165, 1.54) is 18.4 Å². The fourth-order valence-electron chi connectivity index (χ4n) is 4.82. The molecule has 6 nitrogen and oxygen atoms in total. The smallest absolute Gasteiger partial charge is 0.263 e. The number of benzene rings is 2. The van der Waals surface area contributed by atoms with Gasteiger partial charge in [-0.2, -0.15) is 0 Å². The number of hydrogen-bond acceptors (Lipinski definition) is 5. The van der Waals surface area contributed by atoms with Gasteiger partial charge >= 0.3 is 0 Å². The van der Waals surface area contributed by atoms with Gasteiger partial charge in [0, 0.05) is 35.1 Å². The Morgan fingerprint density at radius 3 is 2.27 bits per heavy atom. The number of carbonyl (C=O) groups excluding carboxylic acids is 1. The van der Waals surface area contributed by atoms with Crippen LogP contribution in [0.5, 0.6) is 5.75 Å². The van der Waals surface area contributed by atoms with Gasteiger partial charge in [0.25, 0.3) is 5.91 Å². The summed E-state index contributed by atoms with van der Waals surface area (Å²) in [5.74, 6) is -0.934. The van der Waals surface area contributed by atoms with Crippen LogP contribution >= 0.6 is 11.6 Å². The second kappa shape index (κ2) is 8.80. The first-order valence-electron chi connectivity index (χ1n) is 11.0. The zero-order valence-electron chi connectivity index (χ0n) is 18.8. The van der Waals surface area contributed by atoms with Crippen LogP contribution in [0.2, 0.25) is 5.02 Å². The molecule has 2 bridgehead atoms. The summed E-state index contributed by atoms with van der Waals surface area (Å²) in [4.78, 5) is 15.6. The van der Waals surface area contributed by atoms with E-state index in [-0.39, 0.29) is 34.8 Å². The summed E-state index contributed by atoms with van der Waals surface area (Å²) in [6, 6.07) is 11.6. The van der Waals surface area contributed by atoms with Crippen molar-refractivity contribution in [3.8, 4) is 5.75 Å². The summed E-state index contributed by atoms with van der Waals surface area (Å²) in [5, 5.41) is 3.35. The molecule has 0 unspecified atom stereocenters.